The van der Waals surface area contributed by atoms with Gasteiger partial charge in [0.25, 0.3) is 0 Å². The molecule has 6 nitrogen and oxygen atoms in total. The number of nitrogens with one attached hydrogen (secondary N) is 2. The third-order valence-electron chi connectivity index (χ3n) is 3.68. The summed E-state index contributed by atoms with van der Waals surface area (Å²) in [5.41, 5.74) is 6.76. The van der Waals surface area contributed by atoms with Gasteiger partial charge in [-0.25, -0.2) is 4.79 Å². The number of likely N-dealkylation sites (tertiary alicyclic amines) is 1. The minimum Gasteiger partial charge on any atom is -0.330 e. The van der Waals surface area contributed by atoms with Crippen molar-refractivity contribution < 1.29 is 9.59 Å². The fraction of sp³-hybridized carbons (Fsp3) is 0.500. The Hall–Kier alpha value is -2.08. The van der Waals surface area contributed by atoms with Gasteiger partial charge < -0.3 is 21.3 Å². The van der Waals surface area contributed by atoms with E-state index < -0.39 is 0 Å². The molecule has 0 aliphatic carbocycles. The van der Waals surface area contributed by atoms with Crippen molar-refractivity contribution in [3.63, 3.8) is 0 Å². The lowest BCUT2D eigenvalue weighted by molar-refractivity contribution is -0.116. The van der Waals surface area contributed by atoms with Crippen molar-refractivity contribution in [2.75, 3.05) is 30.3 Å². The quantitative estimate of drug-likeness (QED) is 0.798. The summed E-state index contributed by atoms with van der Waals surface area (Å²) in [5, 5.41) is 5.65. The van der Waals surface area contributed by atoms with Gasteiger partial charge in [0, 0.05) is 37.4 Å². The molecular formula is C16H24N4O2. The molecule has 1 saturated heterocycles. The summed E-state index contributed by atoms with van der Waals surface area (Å²) in [4.78, 5) is 25.5. The van der Waals surface area contributed by atoms with Gasteiger partial charge in [-0.3, -0.25) is 4.79 Å². The molecule has 1 aromatic carbocycles. The van der Waals surface area contributed by atoms with E-state index in [-0.39, 0.29) is 11.9 Å². The van der Waals surface area contributed by atoms with Crippen LogP contribution in [0.1, 0.15) is 32.1 Å². The van der Waals surface area contributed by atoms with Gasteiger partial charge >= 0.3 is 6.03 Å². The predicted octanol–water partition coefficient (Wildman–Crippen LogP) is 2.38. The number of amides is 3. The van der Waals surface area contributed by atoms with Crippen LogP contribution in [0.5, 0.6) is 0 Å². The summed E-state index contributed by atoms with van der Waals surface area (Å²) >= 11 is 0. The Morgan fingerprint density at radius 3 is 2.05 bits per heavy atom. The van der Waals surface area contributed by atoms with Gasteiger partial charge in [0.1, 0.15) is 0 Å². The molecule has 3 amide bonds. The summed E-state index contributed by atoms with van der Waals surface area (Å²) in [7, 11) is 0. The highest BCUT2D eigenvalue weighted by Crippen LogP contribution is 2.16. The molecule has 2 rings (SSSR count). The first-order chi connectivity index (χ1) is 10.7. The number of rotatable bonds is 4. The average molecular weight is 304 g/mol. The maximum atomic E-state index is 12.2. The molecule has 1 aliphatic rings. The largest absolute Gasteiger partial charge is 0.330 e. The highest BCUT2D eigenvalue weighted by atomic mass is 16.2. The van der Waals surface area contributed by atoms with Crippen LogP contribution in [0.15, 0.2) is 24.3 Å². The topological polar surface area (TPSA) is 87.5 Å². The van der Waals surface area contributed by atoms with Crippen LogP contribution >= 0.6 is 0 Å². The van der Waals surface area contributed by atoms with Gasteiger partial charge in [-0.1, -0.05) is 12.8 Å². The number of benzene rings is 1. The molecule has 0 radical (unpaired) electrons. The molecule has 4 N–H and O–H groups in total. The fourth-order valence-electron chi connectivity index (χ4n) is 2.47. The van der Waals surface area contributed by atoms with Crippen molar-refractivity contribution in [2.24, 2.45) is 5.73 Å². The molecular weight excluding hydrogens is 280 g/mol. The van der Waals surface area contributed by atoms with Gasteiger partial charge in [-0.15, -0.1) is 0 Å². The van der Waals surface area contributed by atoms with Gasteiger partial charge in [-0.05, 0) is 37.1 Å². The zero-order valence-corrected chi connectivity index (χ0v) is 12.8. The van der Waals surface area contributed by atoms with Crippen molar-refractivity contribution >= 4 is 23.3 Å². The van der Waals surface area contributed by atoms with E-state index in [0.29, 0.717) is 18.7 Å². The molecule has 0 aromatic heterocycles. The van der Waals surface area contributed by atoms with Crippen molar-refractivity contribution in [1.82, 2.24) is 4.90 Å². The summed E-state index contributed by atoms with van der Waals surface area (Å²) < 4.78 is 0. The van der Waals surface area contributed by atoms with E-state index in [9.17, 15) is 9.59 Å². The number of nitrogens with two attached hydrogens (primary N) is 1. The molecule has 120 valence electrons. The summed E-state index contributed by atoms with van der Waals surface area (Å²) in [6.45, 7) is 1.97. The molecule has 1 aromatic rings. The third kappa shape index (κ3) is 5.04. The third-order valence-corrected chi connectivity index (χ3v) is 3.68. The van der Waals surface area contributed by atoms with Crippen LogP contribution < -0.4 is 16.4 Å². The Labute approximate surface area is 131 Å². The molecule has 1 fully saturated rings. The average Bonchev–Trinajstić information content (AvgIpc) is 2.78. The lowest BCUT2D eigenvalue weighted by atomic mass is 10.2. The number of anilines is 2. The maximum absolute atomic E-state index is 12.2. The maximum Gasteiger partial charge on any atom is 0.321 e. The first-order valence-corrected chi connectivity index (χ1v) is 7.85. The van der Waals surface area contributed by atoms with Crippen molar-refractivity contribution in [3.05, 3.63) is 24.3 Å². The standard InChI is InChI=1S/C16H24N4O2/c17-10-9-15(21)18-13-5-7-14(8-6-13)19-16(22)20-11-3-1-2-4-12-20/h5-8H,1-4,9-12,17H2,(H,18,21)(H,19,22). The number of nitrogens with zero attached hydrogens (tertiary/aromatic N) is 1. The zero-order chi connectivity index (χ0) is 15.8. The number of carbonyl (C=O) groups excluding carboxylic acids is 2. The minimum absolute atomic E-state index is 0.0539. The lowest BCUT2D eigenvalue weighted by Crippen LogP contribution is -2.35. The molecule has 22 heavy (non-hydrogen) atoms. The van der Waals surface area contributed by atoms with E-state index in [1.165, 1.54) is 12.8 Å². The molecule has 1 heterocycles. The molecule has 1 aliphatic heterocycles. The highest BCUT2D eigenvalue weighted by molar-refractivity contribution is 5.92. The Bertz CT molecular complexity index is 493. The SMILES string of the molecule is NCCC(=O)Nc1ccc(NC(=O)N2CCCCCC2)cc1. The monoisotopic (exact) mass is 304 g/mol. The molecule has 0 spiro atoms. The Morgan fingerprint density at radius 1 is 0.955 bits per heavy atom. The Morgan fingerprint density at radius 2 is 1.50 bits per heavy atom. The Kier molecular flexibility index (Phi) is 6.21. The number of hydrogen-bond acceptors (Lipinski definition) is 3. The molecule has 0 saturated carbocycles. The first-order valence-electron chi connectivity index (χ1n) is 7.85. The van der Waals surface area contributed by atoms with Crippen LogP contribution in [0.2, 0.25) is 0 Å². The van der Waals surface area contributed by atoms with Crippen molar-refractivity contribution in [2.45, 2.75) is 32.1 Å². The van der Waals surface area contributed by atoms with Crippen LogP contribution in [0.25, 0.3) is 0 Å². The van der Waals surface area contributed by atoms with E-state index in [2.05, 4.69) is 10.6 Å². The van der Waals surface area contributed by atoms with Crippen molar-refractivity contribution in [3.8, 4) is 0 Å². The van der Waals surface area contributed by atoms with Gasteiger partial charge in [-0.2, -0.15) is 0 Å². The van der Waals surface area contributed by atoms with Crippen LogP contribution in [0, 0.1) is 0 Å². The van der Waals surface area contributed by atoms with Gasteiger partial charge in [0.15, 0.2) is 0 Å². The van der Waals surface area contributed by atoms with Gasteiger partial charge in [0.05, 0.1) is 0 Å². The predicted molar refractivity (Wildman–Crippen MR) is 87.8 cm³/mol. The fourth-order valence-corrected chi connectivity index (χ4v) is 2.47. The van der Waals surface area contributed by atoms with Gasteiger partial charge in [0.2, 0.25) is 5.91 Å². The highest BCUT2D eigenvalue weighted by Gasteiger charge is 2.15. The number of hydrogen-bond donors (Lipinski definition) is 3. The summed E-state index contributed by atoms with van der Waals surface area (Å²) in [6, 6.07) is 7.06. The van der Waals surface area contributed by atoms with Crippen LogP contribution in [-0.4, -0.2) is 36.5 Å². The number of carbonyl (C=O) groups is 2. The number of urea groups is 1. The molecule has 0 bridgehead atoms. The van der Waals surface area contributed by atoms with Crippen molar-refractivity contribution in [1.29, 1.82) is 0 Å². The van der Waals surface area contributed by atoms with E-state index in [1.54, 1.807) is 24.3 Å². The summed E-state index contributed by atoms with van der Waals surface area (Å²) in [6.07, 6.45) is 4.83. The molecule has 6 heteroatoms. The van der Waals surface area contributed by atoms with E-state index in [0.717, 1.165) is 31.6 Å². The van der Waals surface area contributed by atoms with Crippen LogP contribution in [0.4, 0.5) is 16.2 Å². The molecule has 0 atom stereocenters. The minimum atomic E-state index is -0.108. The van der Waals surface area contributed by atoms with Crippen LogP contribution in [-0.2, 0) is 4.79 Å². The second-order valence-electron chi connectivity index (χ2n) is 5.50. The Balaban J connectivity index is 1.87. The summed E-state index contributed by atoms with van der Waals surface area (Å²) in [5.74, 6) is -0.108. The second kappa shape index (κ2) is 8.38. The first kappa shape index (κ1) is 16.3. The van der Waals surface area contributed by atoms with Crippen LogP contribution in [0.3, 0.4) is 0 Å². The normalized spacial score (nSPS) is 15.0. The second-order valence-corrected chi connectivity index (χ2v) is 5.50. The van der Waals surface area contributed by atoms with E-state index >= 15 is 0 Å². The zero-order valence-electron chi connectivity index (χ0n) is 12.8. The van der Waals surface area contributed by atoms with E-state index in [1.807, 2.05) is 4.90 Å². The molecule has 0 unspecified atom stereocenters. The van der Waals surface area contributed by atoms with E-state index in [4.69, 9.17) is 5.73 Å². The lowest BCUT2D eigenvalue weighted by Gasteiger charge is -2.20. The smallest absolute Gasteiger partial charge is 0.321 e.